The molecule has 3 rings (SSSR count). The van der Waals surface area contributed by atoms with E-state index in [9.17, 15) is 9.00 Å². The highest BCUT2D eigenvalue weighted by molar-refractivity contribution is 7.80. The van der Waals surface area contributed by atoms with Gasteiger partial charge in [-0.2, -0.15) is 0 Å². The summed E-state index contributed by atoms with van der Waals surface area (Å²) in [6, 6.07) is 17.1. The lowest BCUT2D eigenvalue weighted by molar-refractivity contribution is -0.179. The molecular weight excluding hydrogens is 392 g/mol. The molecule has 1 fully saturated rings. The molecule has 0 aromatic heterocycles. The zero-order valence-electron chi connectivity index (χ0n) is 16.8. The quantitative estimate of drug-likeness (QED) is 0.564. The number of benzene rings is 2. The molecule has 2 aromatic rings. The molecule has 3 unspecified atom stereocenters. The van der Waals surface area contributed by atoms with Crippen LogP contribution >= 0.6 is 0 Å². The van der Waals surface area contributed by atoms with Crippen LogP contribution < -0.4 is 4.74 Å². The third-order valence-corrected chi connectivity index (χ3v) is 5.78. The Hall–Kier alpha value is -2.22. The van der Waals surface area contributed by atoms with Crippen LogP contribution in [0, 0.1) is 5.92 Å². The first-order valence-corrected chi connectivity index (χ1v) is 10.8. The van der Waals surface area contributed by atoms with Crippen LogP contribution in [-0.2, 0) is 36.1 Å². The molecule has 0 aliphatic carbocycles. The van der Waals surface area contributed by atoms with Crippen LogP contribution in [0.3, 0.4) is 0 Å². The van der Waals surface area contributed by atoms with E-state index in [0.717, 1.165) is 11.3 Å². The van der Waals surface area contributed by atoms with Crippen LogP contribution in [0.4, 0.5) is 0 Å². The number of para-hydroxylation sites is 1. The third-order valence-electron chi connectivity index (χ3n) is 4.69. The standard InChI is InChI=1S/C22H26O6S/c1-4-29(24)28-22(2,3)19-14-20(23)27-21(19)25-15-16-9-8-12-18(13-16)26-17-10-6-5-7-11-17/h5-13,19,21H,4,14-15H2,1-3H3. The van der Waals surface area contributed by atoms with Crippen LogP contribution in [0.1, 0.15) is 32.8 Å². The van der Waals surface area contributed by atoms with Gasteiger partial charge < -0.3 is 14.2 Å². The molecule has 1 saturated heterocycles. The fraction of sp³-hybridized carbons (Fsp3) is 0.409. The van der Waals surface area contributed by atoms with Crippen molar-refractivity contribution in [2.45, 2.75) is 45.7 Å². The number of hydrogen-bond donors (Lipinski definition) is 0. The van der Waals surface area contributed by atoms with Gasteiger partial charge in [0.15, 0.2) is 11.1 Å². The Kier molecular flexibility index (Phi) is 7.05. The van der Waals surface area contributed by atoms with Crippen LogP contribution in [0.5, 0.6) is 11.5 Å². The Morgan fingerprint density at radius 1 is 1.10 bits per heavy atom. The van der Waals surface area contributed by atoms with E-state index in [0.29, 0.717) is 11.5 Å². The van der Waals surface area contributed by atoms with Gasteiger partial charge in [0, 0.05) is 5.75 Å². The molecule has 0 saturated carbocycles. The molecule has 0 N–H and O–H groups in total. The number of hydrogen-bond acceptors (Lipinski definition) is 6. The van der Waals surface area contributed by atoms with Gasteiger partial charge in [-0.05, 0) is 43.7 Å². The molecule has 0 spiro atoms. The molecule has 156 valence electrons. The van der Waals surface area contributed by atoms with E-state index in [-0.39, 0.29) is 24.9 Å². The van der Waals surface area contributed by atoms with Gasteiger partial charge in [-0.1, -0.05) is 37.3 Å². The van der Waals surface area contributed by atoms with Gasteiger partial charge in [-0.15, -0.1) is 0 Å². The minimum atomic E-state index is -1.42. The Morgan fingerprint density at radius 3 is 2.55 bits per heavy atom. The highest BCUT2D eigenvalue weighted by Crippen LogP contribution is 2.36. The maximum absolute atomic E-state index is 11.9. The summed E-state index contributed by atoms with van der Waals surface area (Å²) in [5.41, 5.74) is 0.0617. The minimum absolute atomic E-state index is 0.162. The highest BCUT2D eigenvalue weighted by atomic mass is 32.2. The van der Waals surface area contributed by atoms with E-state index in [2.05, 4.69) is 0 Å². The van der Waals surface area contributed by atoms with E-state index < -0.39 is 23.0 Å². The summed E-state index contributed by atoms with van der Waals surface area (Å²) in [4.78, 5) is 11.9. The molecule has 0 amide bonds. The molecule has 29 heavy (non-hydrogen) atoms. The Balaban J connectivity index is 1.64. The average molecular weight is 419 g/mol. The summed E-state index contributed by atoms with van der Waals surface area (Å²) in [6.07, 6.45) is -0.597. The van der Waals surface area contributed by atoms with Gasteiger partial charge in [0.1, 0.15) is 11.5 Å². The van der Waals surface area contributed by atoms with Gasteiger partial charge in [0.25, 0.3) is 0 Å². The van der Waals surface area contributed by atoms with Gasteiger partial charge in [0.05, 0.1) is 24.5 Å². The van der Waals surface area contributed by atoms with Crippen LogP contribution in [0.15, 0.2) is 54.6 Å². The number of cyclic esters (lactones) is 1. The molecule has 0 bridgehead atoms. The van der Waals surface area contributed by atoms with Gasteiger partial charge in [-0.3, -0.25) is 8.98 Å². The van der Waals surface area contributed by atoms with Crippen molar-refractivity contribution in [1.82, 2.24) is 0 Å². The zero-order valence-corrected chi connectivity index (χ0v) is 17.6. The van der Waals surface area contributed by atoms with E-state index in [4.69, 9.17) is 18.4 Å². The summed E-state index contributed by atoms with van der Waals surface area (Å²) >= 11 is -1.42. The lowest BCUT2D eigenvalue weighted by Crippen LogP contribution is -2.41. The number of rotatable bonds is 9. The molecule has 1 aliphatic rings. The fourth-order valence-corrected chi connectivity index (χ4v) is 3.84. The first-order chi connectivity index (χ1) is 13.9. The summed E-state index contributed by atoms with van der Waals surface area (Å²) in [6.45, 7) is 5.63. The SMILES string of the molecule is CCS(=O)OC(C)(C)C1CC(=O)OC1OCc1cccc(Oc2ccccc2)c1. The Bertz CT molecular complexity index is 851. The van der Waals surface area contributed by atoms with E-state index in [1.807, 2.05) is 54.6 Å². The minimum Gasteiger partial charge on any atom is -0.457 e. The molecule has 3 atom stereocenters. The van der Waals surface area contributed by atoms with Gasteiger partial charge >= 0.3 is 5.97 Å². The normalized spacial score (nSPS) is 20.3. The van der Waals surface area contributed by atoms with E-state index in [1.54, 1.807) is 20.8 Å². The van der Waals surface area contributed by atoms with Crippen LogP contribution in [0.2, 0.25) is 0 Å². The average Bonchev–Trinajstić information content (AvgIpc) is 3.09. The van der Waals surface area contributed by atoms with E-state index in [1.165, 1.54) is 0 Å². The van der Waals surface area contributed by atoms with Crippen molar-refractivity contribution in [3.8, 4) is 11.5 Å². The predicted octanol–water partition coefficient (Wildman–Crippen LogP) is 4.36. The van der Waals surface area contributed by atoms with Crippen molar-refractivity contribution in [3.63, 3.8) is 0 Å². The summed E-state index contributed by atoms with van der Waals surface area (Å²) in [5, 5.41) is 0. The molecule has 2 aromatic carbocycles. The summed E-state index contributed by atoms with van der Waals surface area (Å²) < 4.78 is 34.6. The zero-order chi connectivity index (χ0) is 20.9. The first-order valence-electron chi connectivity index (χ1n) is 9.58. The lowest BCUT2D eigenvalue weighted by Gasteiger charge is -2.32. The number of ether oxygens (including phenoxy) is 3. The van der Waals surface area contributed by atoms with Crippen LogP contribution in [0.25, 0.3) is 0 Å². The van der Waals surface area contributed by atoms with Crippen molar-refractivity contribution in [2.24, 2.45) is 5.92 Å². The highest BCUT2D eigenvalue weighted by Gasteiger charge is 2.47. The second kappa shape index (κ2) is 9.52. The maximum atomic E-state index is 11.9. The molecule has 1 heterocycles. The van der Waals surface area contributed by atoms with Gasteiger partial charge in [0.2, 0.25) is 6.29 Å². The van der Waals surface area contributed by atoms with Crippen LogP contribution in [-0.4, -0.2) is 27.8 Å². The monoisotopic (exact) mass is 418 g/mol. The Labute approximate surface area is 173 Å². The molecule has 6 nitrogen and oxygen atoms in total. The second-order valence-corrected chi connectivity index (χ2v) is 8.67. The van der Waals surface area contributed by atoms with Crippen molar-refractivity contribution < 1.29 is 27.4 Å². The van der Waals surface area contributed by atoms with Crippen molar-refractivity contribution in [2.75, 3.05) is 5.75 Å². The molecule has 7 heteroatoms. The number of carbonyl (C=O) groups is 1. The predicted molar refractivity (Wildman–Crippen MR) is 110 cm³/mol. The second-order valence-electron chi connectivity index (χ2n) is 7.32. The molecule has 0 radical (unpaired) electrons. The summed E-state index contributed by atoms with van der Waals surface area (Å²) in [7, 11) is 0. The number of carbonyl (C=O) groups excluding carboxylic acids is 1. The van der Waals surface area contributed by atoms with Crippen molar-refractivity contribution >= 4 is 17.0 Å². The van der Waals surface area contributed by atoms with Crippen molar-refractivity contribution in [1.29, 1.82) is 0 Å². The maximum Gasteiger partial charge on any atom is 0.308 e. The van der Waals surface area contributed by atoms with Gasteiger partial charge in [-0.25, -0.2) is 4.21 Å². The largest absolute Gasteiger partial charge is 0.457 e. The van der Waals surface area contributed by atoms with Crippen molar-refractivity contribution in [3.05, 3.63) is 60.2 Å². The number of esters is 1. The smallest absolute Gasteiger partial charge is 0.308 e. The summed E-state index contributed by atoms with van der Waals surface area (Å²) in [5.74, 6) is 1.12. The fourth-order valence-electron chi connectivity index (χ4n) is 3.12. The molecular formula is C22H26O6S. The third kappa shape index (κ3) is 5.88. The lowest BCUT2D eigenvalue weighted by atomic mass is 9.89. The Morgan fingerprint density at radius 2 is 1.83 bits per heavy atom. The van der Waals surface area contributed by atoms with E-state index >= 15 is 0 Å². The molecule has 1 aliphatic heterocycles. The topological polar surface area (TPSA) is 71.1 Å². The first kappa shape index (κ1) is 21.5.